The van der Waals surface area contributed by atoms with Crippen molar-refractivity contribution in [2.24, 2.45) is 0 Å². The predicted octanol–water partition coefficient (Wildman–Crippen LogP) is 2.65. The van der Waals surface area contributed by atoms with Crippen molar-refractivity contribution in [1.82, 2.24) is 0 Å². The quantitative estimate of drug-likeness (QED) is 0.858. The van der Waals surface area contributed by atoms with Gasteiger partial charge in [-0.15, -0.1) is 0 Å². The second kappa shape index (κ2) is 5.75. The molecule has 0 aliphatic carbocycles. The van der Waals surface area contributed by atoms with Crippen molar-refractivity contribution in [3.05, 3.63) is 28.2 Å². The van der Waals surface area contributed by atoms with Gasteiger partial charge in [0.25, 0.3) is 0 Å². The molecule has 0 saturated heterocycles. The van der Waals surface area contributed by atoms with Crippen molar-refractivity contribution in [3.63, 3.8) is 0 Å². The highest BCUT2D eigenvalue weighted by Gasteiger charge is 2.04. The highest BCUT2D eigenvalue weighted by atomic mass is 79.9. The van der Waals surface area contributed by atoms with Crippen LogP contribution in [0, 0.1) is 0 Å². The average molecular weight is 273 g/mol. The minimum Gasteiger partial charge on any atom is -0.507 e. The van der Waals surface area contributed by atoms with E-state index in [1.54, 1.807) is 19.1 Å². The number of phenols is 1. The molecule has 0 fully saturated rings. The van der Waals surface area contributed by atoms with Gasteiger partial charge in [0.15, 0.2) is 0 Å². The molecular weight excluding hydrogens is 260 g/mol. The standard InChI is InChI=1S/C11H13BrO3/c1-2-15-11(14)6-4-8-3-5-9(12)10(13)7-8/h3,5,7,13H,2,4,6H2,1H3. The molecule has 0 aliphatic rings. The molecule has 0 amide bonds. The fourth-order valence-electron chi connectivity index (χ4n) is 1.19. The monoisotopic (exact) mass is 272 g/mol. The lowest BCUT2D eigenvalue weighted by molar-refractivity contribution is -0.143. The summed E-state index contributed by atoms with van der Waals surface area (Å²) in [6, 6.07) is 5.27. The molecule has 0 heterocycles. The van der Waals surface area contributed by atoms with Crippen molar-refractivity contribution in [3.8, 4) is 5.75 Å². The van der Waals surface area contributed by atoms with Crippen molar-refractivity contribution >= 4 is 21.9 Å². The van der Waals surface area contributed by atoms with Gasteiger partial charge in [-0.3, -0.25) is 4.79 Å². The van der Waals surface area contributed by atoms with Gasteiger partial charge in [-0.1, -0.05) is 6.07 Å². The molecule has 0 radical (unpaired) electrons. The van der Waals surface area contributed by atoms with Gasteiger partial charge < -0.3 is 9.84 Å². The Morgan fingerprint density at radius 2 is 2.27 bits per heavy atom. The normalized spacial score (nSPS) is 10.0. The summed E-state index contributed by atoms with van der Waals surface area (Å²) >= 11 is 3.19. The van der Waals surface area contributed by atoms with Crippen LogP contribution in [-0.4, -0.2) is 17.7 Å². The summed E-state index contributed by atoms with van der Waals surface area (Å²) in [6.07, 6.45) is 0.925. The number of ether oxygens (including phenoxy) is 1. The van der Waals surface area contributed by atoms with Gasteiger partial charge in [0.1, 0.15) is 5.75 Å². The van der Waals surface area contributed by atoms with Crippen LogP contribution in [0.4, 0.5) is 0 Å². The number of carbonyl (C=O) groups is 1. The Labute approximate surface area is 97.2 Å². The molecule has 0 bridgehead atoms. The maximum Gasteiger partial charge on any atom is 0.306 e. The molecule has 82 valence electrons. The molecule has 0 aromatic heterocycles. The average Bonchev–Trinajstić information content (AvgIpc) is 2.20. The van der Waals surface area contributed by atoms with E-state index in [0.29, 0.717) is 23.9 Å². The van der Waals surface area contributed by atoms with E-state index in [1.165, 1.54) is 0 Å². The Morgan fingerprint density at radius 3 is 2.87 bits per heavy atom. The van der Waals surface area contributed by atoms with Gasteiger partial charge >= 0.3 is 5.97 Å². The minimum absolute atomic E-state index is 0.191. The lowest BCUT2D eigenvalue weighted by Gasteiger charge is -2.03. The zero-order valence-corrected chi connectivity index (χ0v) is 10.1. The summed E-state index contributed by atoms with van der Waals surface area (Å²) in [5, 5.41) is 9.41. The summed E-state index contributed by atoms with van der Waals surface area (Å²) in [4.78, 5) is 11.1. The van der Waals surface area contributed by atoms with Gasteiger partial charge in [-0.25, -0.2) is 0 Å². The molecule has 0 atom stereocenters. The minimum atomic E-state index is -0.208. The van der Waals surface area contributed by atoms with Gasteiger partial charge in [0.2, 0.25) is 0 Å². The fourth-order valence-corrected chi connectivity index (χ4v) is 1.44. The third-order valence-electron chi connectivity index (χ3n) is 1.93. The molecule has 0 spiro atoms. The van der Waals surface area contributed by atoms with E-state index in [1.807, 2.05) is 6.07 Å². The van der Waals surface area contributed by atoms with Gasteiger partial charge in [0, 0.05) is 6.42 Å². The molecule has 0 aliphatic heterocycles. The molecule has 0 saturated carbocycles. The van der Waals surface area contributed by atoms with E-state index in [0.717, 1.165) is 5.56 Å². The van der Waals surface area contributed by atoms with E-state index in [9.17, 15) is 9.90 Å². The van der Waals surface area contributed by atoms with Crippen molar-refractivity contribution in [2.45, 2.75) is 19.8 Å². The fraction of sp³-hybridized carbons (Fsp3) is 0.364. The summed E-state index contributed by atoms with van der Waals surface area (Å²) in [5.41, 5.74) is 0.920. The van der Waals surface area contributed by atoms with Crippen LogP contribution in [0.2, 0.25) is 0 Å². The number of halogens is 1. The van der Waals surface area contributed by atoms with Crippen LogP contribution in [0.15, 0.2) is 22.7 Å². The lowest BCUT2D eigenvalue weighted by atomic mass is 10.1. The Kier molecular flexibility index (Phi) is 4.62. The molecule has 1 aromatic carbocycles. The molecule has 1 rings (SSSR count). The van der Waals surface area contributed by atoms with Crippen molar-refractivity contribution in [2.75, 3.05) is 6.61 Å². The number of carbonyl (C=O) groups excluding carboxylic acids is 1. The molecular formula is C11H13BrO3. The first-order chi connectivity index (χ1) is 7.13. The lowest BCUT2D eigenvalue weighted by Crippen LogP contribution is -2.05. The van der Waals surface area contributed by atoms with Crippen LogP contribution >= 0.6 is 15.9 Å². The zero-order valence-electron chi connectivity index (χ0n) is 8.50. The number of aromatic hydroxyl groups is 1. The number of phenolic OH excluding ortho intramolecular Hbond substituents is 1. The van der Waals surface area contributed by atoms with E-state index in [-0.39, 0.29) is 11.7 Å². The first kappa shape index (κ1) is 12.0. The van der Waals surface area contributed by atoms with E-state index >= 15 is 0 Å². The van der Waals surface area contributed by atoms with Crippen LogP contribution < -0.4 is 0 Å². The van der Waals surface area contributed by atoms with E-state index in [4.69, 9.17) is 4.74 Å². The smallest absolute Gasteiger partial charge is 0.306 e. The van der Waals surface area contributed by atoms with E-state index in [2.05, 4.69) is 15.9 Å². The highest BCUT2D eigenvalue weighted by Crippen LogP contribution is 2.24. The summed E-state index contributed by atoms with van der Waals surface area (Å²) in [7, 11) is 0. The Morgan fingerprint density at radius 1 is 1.53 bits per heavy atom. The molecule has 4 heteroatoms. The predicted molar refractivity (Wildman–Crippen MR) is 60.8 cm³/mol. The third kappa shape index (κ3) is 3.91. The molecule has 1 aromatic rings. The second-order valence-corrected chi connectivity index (χ2v) is 3.95. The maximum absolute atomic E-state index is 11.1. The second-order valence-electron chi connectivity index (χ2n) is 3.09. The zero-order chi connectivity index (χ0) is 11.3. The van der Waals surface area contributed by atoms with Crippen LogP contribution in [0.1, 0.15) is 18.9 Å². The van der Waals surface area contributed by atoms with Crippen LogP contribution in [0.3, 0.4) is 0 Å². The number of rotatable bonds is 4. The van der Waals surface area contributed by atoms with Crippen LogP contribution in [0.25, 0.3) is 0 Å². The van der Waals surface area contributed by atoms with Gasteiger partial charge in [-0.05, 0) is 47.0 Å². The topological polar surface area (TPSA) is 46.5 Å². The Hall–Kier alpha value is -1.03. The van der Waals surface area contributed by atoms with Crippen molar-refractivity contribution in [1.29, 1.82) is 0 Å². The highest BCUT2D eigenvalue weighted by molar-refractivity contribution is 9.10. The van der Waals surface area contributed by atoms with Crippen molar-refractivity contribution < 1.29 is 14.6 Å². The van der Waals surface area contributed by atoms with E-state index < -0.39 is 0 Å². The largest absolute Gasteiger partial charge is 0.507 e. The number of hydrogen-bond donors (Lipinski definition) is 1. The summed E-state index contributed by atoms with van der Waals surface area (Å²) in [6.45, 7) is 2.19. The number of benzene rings is 1. The SMILES string of the molecule is CCOC(=O)CCc1ccc(Br)c(O)c1. The summed E-state index contributed by atoms with van der Waals surface area (Å²) in [5.74, 6) is -0.0173. The molecule has 3 nitrogen and oxygen atoms in total. The van der Waals surface area contributed by atoms with Crippen LogP contribution in [-0.2, 0) is 16.0 Å². The maximum atomic E-state index is 11.1. The number of esters is 1. The summed E-state index contributed by atoms with van der Waals surface area (Å²) < 4.78 is 5.46. The molecule has 1 N–H and O–H groups in total. The van der Waals surface area contributed by atoms with Gasteiger partial charge in [0.05, 0.1) is 11.1 Å². The first-order valence-electron chi connectivity index (χ1n) is 4.76. The molecule has 15 heavy (non-hydrogen) atoms. The Bertz CT molecular complexity index is 350. The number of aryl methyl sites for hydroxylation is 1. The van der Waals surface area contributed by atoms with Gasteiger partial charge in [-0.2, -0.15) is 0 Å². The Balaban J connectivity index is 2.51. The third-order valence-corrected chi connectivity index (χ3v) is 2.60. The molecule has 0 unspecified atom stereocenters. The first-order valence-corrected chi connectivity index (χ1v) is 5.55. The number of hydrogen-bond acceptors (Lipinski definition) is 3. The van der Waals surface area contributed by atoms with Crippen LogP contribution in [0.5, 0.6) is 5.75 Å².